The van der Waals surface area contributed by atoms with Crippen LogP contribution in [0.5, 0.6) is 5.75 Å². The molecular weight excluding hydrogens is 416 g/mol. The molecule has 1 saturated carbocycles. The molecular formula is C20H27ClN2O5S. The Labute approximate surface area is 176 Å². The molecule has 1 fully saturated rings. The smallest absolute Gasteiger partial charge is 0.319 e. The number of anilines is 1. The number of phenolic OH excluding ortho intramolecular Hbond substituents is 1. The molecule has 0 aromatic heterocycles. The summed E-state index contributed by atoms with van der Waals surface area (Å²) in [7, 11) is -2.47. The number of rotatable bonds is 5. The fourth-order valence-corrected chi connectivity index (χ4v) is 6.73. The van der Waals surface area contributed by atoms with Crippen molar-refractivity contribution in [1.29, 1.82) is 0 Å². The lowest BCUT2D eigenvalue weighted by Crippen LogP contribution is -2.38. The minimum Gasteiger partial charge on any atom is -0.504 e. The molecule has 0 unspecified atom stereocenters. The van der Waals surface area contributed by atoms with Gasteiger partial charge in [-0.3, -0.25) is 0 Å². The lowest BCUT2D eigenvalue weighted by Gasteiger charge is -2.30. The number of hydrogen-bond acceptors (Lipinski definition) is 5. The van der Waals surface area contributed by atoms with Crippen molar-refractivity contribution in [2.45, 2.75) is 67.7 Å². The summed E-state index contributed by atoms with van der Waals surface area (Å²) in [6.07, 6.45) is 6.03. The number of allylic oxidation sites excluding steroid dienone is 1. The van der Waals surface area contributed by atoms with E-state index in [0.29, 0.717) is 12.8 Å². The number of carbonyl (C=O) groups excluding carboxylic acids is 1. The second-order valence-corrected chi connectivity index (χ2v) is 10.1. The van der Waals surface area contributed by atoms with Crippen molar-refractivity contribution >= 4 is 33.2 Å². The second-order valence-electron chi connectivity index (χ2n) is 7.59. The molecule has 2 aliphatic carbocycles. The van der Waals surface area contributed by atoms with Crippen LogP contribution in [0.15, 0.2) is 28.7 Å². The monoisotopic (exact) mass is 442 g/mol. The molecule has 2 aliphatic rings. The molecule has 9 heteroatoms. The number of hydrogen-bond donors (Lipinski definition) is 3. The highest BCUT2D eigenvalue weighted by atomic mass is 35.5. The summed E-state index contributed by atoms with van der Waals surface area (Å²) in [6, 6.07) is 2.17. The van der Waals surface area contributed by atoms with Crippen LogP contribution in [0.4, 0.5) is 10.5 Å². The number of urea groups is 1. The first kappa shape index (κ1) is 21.9. The van der Waals surface area contributed by atoms with Gasteiger partial charge >= 0.3 is 6.03 Å². The van der Waals surface area contributed by atoms with E-state index in [9.17, 15) is 18.3 Å². The number of nitrogens with one attached hydrogen (secondary N) is 2. The van der Waals surface area contributed by atoms with E-state index in [2.05, 4.69) is 16.7 Å². The van der Waals surface area contributed by atoms with E-state index < -0.39 is 33.0 Å². The van der Waals surface area contributed by atoms with Gasteiger partial charge in [0.05, 0.1) is 28.1 Å². The molecule has 1 aromatic rings. The third-order valence-corrected chi connectivity index (χ3v) is 8.48. The molecule has 3 N–H and O–H groups in total. The normalized spacial score (nSPS) is 24.8. The lowest BCUT2D eigenvalue weighted by molar-refractivity contribution is 0.0737. The molecule has 3 rings (SSSR count). The van der Waals surface area contributed by atoms with Gasteiger partial charge in [-0.05, 0) is 44.7 Å². The van der Waals surface area contributed by atoms with Crippen molar-refractivity contribution in [3.63, 3.8) is 0 Å². The Bertz CT molecular complexity index is 916. The van der Waals surface area contributed by atoms with E-state index in [-0.39, 0.29) is 21.6 Å². The van der Waals surface area contributed by atoms with Crippen molar-refractivity contribution in [1.82, 2.24) is 5.32 Å². The summed E-state index contributed by atoms with van der Waals surface area (Å²) < 4.78 is 32.0. The predicted molar refractivity (Wildman–Crippen MR) is 112 cm³/mol. The largest absolute Gasteiger partial charge is 0.504 e. The van der Waals surface area contributed by atoms with Crippen LogP contribution in [0.1, 0.15) is 45.4 Å². The molecule has 29 heavy (non-hydrogen) atoms. The van der Waals surface area contributed by atoms with E-state index >= 15 is 0 Å². The van der Waals surface area contributed by atoms with Crippen LogP contribution >= 0.6 is 11.6 Å². The number of carbonyl (C=O) groups is 1. The molecule has 160 valence electrons. The molecule has 3 atom stereocenters. The third-order valence-electron chi connectivity index (χ3n) is 5.74. The summed E-state index contributed by atoms with van der Waals surface area (Å²) in [4.78, 5) is 12.0. The van der Waals surface area contributed by atoms with Gasteiger partial charge in [0.25, 0.3) is 0 Å². The topological polar surface area (TPSA) is 105 Å². The standard InChI is InChI=1S/C20H27ClN2O5S/c1-12-6-5-7-14(12)22-20(25)23-15-11-10-13(21)19(18(15)24)29(26,27)17-9-4-3-8-16(17)28-2/h6,10-11,14,16-17,24H,3-5,7-9H2,1-2H3,(H2,22,23,25)/t14-,16+,17+/m1/s1. The molecule has 0 spiro atoms. The molecule has 2 amide bonds. The zero-order chi connectivity index (χ0) is 21.2. The third kappa shape index (κ3) is 4.54. The van der Waals surface area contributed by atoms with E-state index in [1.165, 1.54) is 19.2 Å². The van der Waals surface area contributed by atoms with Crippen LogP contribution in [-0.4, -0.2) is 44.1 Å². The first-order chi connectivity index (χ1) is 13.8. The molecule has 1 aromatic carbocycles. The molecule has 0 heterocycles. The molecule has 0 radical (unpaired) electrons. The first-order valence-corrected chi connectivity index (χ1v) is 11.7. The Morgan fingerprint density at radius 3 is 2.62 bits per heavy atom. The van der Waals surface area contributed by atoms with Crippen LogP contribution in [0.2, 0.25) is 5.02 Å². The zero-order valence-corrected chi connectivity index (χ0v) is 18.1. The highest BCUT2D eigenvalue weighted by Crippen LogP contribution is 2.41. The summed E-state index contributed by atoms with van der Waals surface area (Å²) >= 11 is 6.17. The van der Waals surface area contributed by atoms with E-state index in [4.69, 9.17) is 16.3 Å². The molecule has 0 aliphatic heterocycles. The maximum Gasteiger partial charge on any atom is 0.319 e. The fraction of sp³-hybridized carbons (Fsp3) is 0.550. The Morgan fingerprint density at radius 2 is 1.97 bits per heavy atom. The number of aromatic hydroxyl groups is 1. The summed E-state index contributed by atoms with van der Waals surface area (Å²) in [5, 5.41) is 15.2. The van der Waals surface area contributed by atoms with Crippen LogP contribution in [0, 0.1) is 0 Å². The van der Waals surface area contributed by atoms with Crippen LogP contribution < -0.4 is 10.6 Å². The van der Waals surface area contributed by atoms with Crippen LogP contribution in [0.25, 0.3) is 0 Å². The predicted octanol–water partition coefficient (Wildman–Crippen LogP) is 4.01. The van der Waals surface area contributed by atoms with Gasteiger partial charge in [0, 0.05) is 7.11 Å². The van der Waals surface area contributed by atoms with Gasteiger partial charge in [-0.15, -0.1) is 0 Å². The minimum absolute atomic E-state index is 0.00474. The van der Waals surface area contributed by atoms with Gasteiger partial charge < -0.3 is 20.5 Å². The van der Waals surface area contributed by atoms with Gasteiger partial charge in [0.1, 0.15) is 4.90 Å². The van der Waals surface area contributed by atoms with Gasteiger partial charge in [0.2, 0.25) is 0 Å². The minimum atomic E-state index is -3.96. The SMILES string of the molecule is CO[C@H]1CCCC[C@@H]1S(=O)(=O)c1c(Cl)ccc(NC(=O)N[C@@H]2CCC=C2C)c1O. The average Bonchev–Trinajstić information content (AvgIpc) is 3.08. The van der Waals surface area contributed by atoms with Crippen LogP contribution in [0.3, 0.4) is 0 Å². The quantitative estimate of drug-likeness (QED) is 0.472. The molecule has 0 saturated heterocycles. The number of methoxy groups -OCH3 is 1. The number of phenols is 1. The van der Waals surface area contributed by atoms with Crippen molar-refractivity contribution < 1.29 is 23.1 Å². The maximum atomic E-state index is 13.3. The van der Waals surface area contributed by atoms with Crippen molar-refractivity contribution in [3.8, 4) is 5.75 Å². The summed E-state index contributed by atoms with van der Waals surface area (Å²) in [5.41, 5.74) is 1.07. The summed E-state index contributed by atoms with van der Waals surface area (Å²) in [5.74, 6) is -0.549. The fourth-order valence-electron chi connectivity index (χ4n) is 4.11. The number of benzene rings is 1. The van der Waals surface area contributed by atoms with E-state index in [1.54, 1.807) is 0 Å². The van der Waals surface area contributed by atoms with Gasteiger partial charge in [-0.25, -0.2) is 13.2 Å². The van der Waals surface area contributed by atoms with E-state index in [1.807, 2.05) is 6.92 Å². The highest BCUT2D eigenvalue weighted by molar-refractivity contribution is 7.92. The van der Waals surface area contributed by atoms with Crippen molar-refractivity contribution in [2.24, 2.45) is 0 Å². The lowest BCUT2D eigenvalue weighted by atomic mass is 9.97. The number of ether oxygens (including phenoxy) is 1. The van der Waals surface area contributed by atoms with Gasteiger partial charge in [-0.2, -0.15) is 0 Å². The van der Waals surface area contributed by atoms with Gasteiger partial charge in [0.15, 0.2) is 15.6 Å². The van der Waals surface area contributed by atoms with E-state index in [0.717, 1.165) is 31.3 Å². The Hall–Kier alpha value is -1.77. The first-order valence-electron chi connectivity index (χ1n) is 9.78. The van der Waals surface area contributed by atoms with Gasteiger partial charge in [-0.1, -0.05) is 36.1 Å². The number of halogens is 1. The van der Waals surface area contributed by atoms with Crippen LogP contribution in [-0.2, 0) is 14.6 Å². The Balaban J connectivity index is 1.86. The number of sulfone groups is 1. The Morgan fingerprint density at radius 1 is 1.24 bits per heavy atom. The molecule has 7 nitrogen and oxygen atoms in total. The summed E-state index contributed by atoms with van der Waals surface area (Å²) in [6.45, 7) is 1.94. The van der Waals surface area contributed by atoms with Crippen molar-refractivity contribution in [2.75, 3.05) is 12.4 Å². The Kier molecular flexibility index (Phi) is 6.76. The average molecular weight is 443 g/mol. The number of amides is 2. The zero-order valence-electron chi connectivity index (χ0n) is 16.6. The molecule has 0 bridgehead atoms. The van der Waals surface area contributed by atoms with Crippen molar-refractivity contribution in [3.05, 3.63) is 28.8 Å². The maximum absolute atomic E-state index is 13.3. The highest BCUT2D eigenvalue weighted by Gasteiger charge is 2.40. The second kappa shape index (κ2) is 8.93.